The summed E-state index contributed by atoms with van der Waals surface area (Å²) < 4.78 is 2.30. The van der Waals surface area contributed by atoms with Gasteiger partial charge in [0, 0.05) is 40.0 Å². The van der Waals surface area contributed by atoms with Gasteiger partial charge in [-0.1, -0.05) is 78.9 Å². The van der Waals surface area contributed by atoms with Crippen LogP contribution in [0.25, 0.3) is 72.2 Å². The Kier molecular flexibility index (Phi) is 5.42. The number of hydrogen-bond acceptors (Lipinski definition) is 3. The maximum Gasteiger partial charge on any atom is 0.0893 e. The summed E-state index contributed by atoms with van der Waals surface area (Å²) in [6, 6.07) is 46.3. The van der Waals surface area contributed by atoms with Gasteiger partial charge in [0.2, 0.25) is 0 Å². The summed E-state index contributed by atoms with van der Waals surface area (Å²) in [4.78, 5) is 14.5. The number of rotatable bonds is 4. The van der Waals surface area contributed by atoms with Gasteiger partial charge in [0.05, 0.1) is 33.8 Å². The minimum absolute atomic E-state index is 0.846. The van der Waals surface area contributed by atoms with Crippen LogP contribution in [0.3, 0.4) is 0 Å². The summed E-state index contributed by atoms with van der Waals surface area (Å²) in [5, 5.41) is 4.77. The van der Waals surface area contributed by atoms with Crippen LogP contribution in [0.15, 0.2) is 146 Å². The molecule has 0 saturated carbocycles. The molecule has 192 valence electrons. The largest absolute Gasteiger partial charge is 0.309 e. The third-order valence-electron chi connectivity index (χ3n) is 7.68. The van der Waals surface area contributed by atoms with E-state index in [0.29, 0.717) is 0 Å². The van der Waals surface area contributed by atoms with E-state index >= 15 is 0 Å². The molecule has 0 aliphatic rings. The summed E-state index contributed by atoms with van der Waals surface area (Å²) in [7, 11) is 0. The predicted molar refractivity (Wildman–Crippen MR) is 168 cm³/mol. The lowest BCUT2D eigenvalue weighted by atomic mass is 10.0. The van der Waals surface area contributed by atoms with Crippen molar-refractivity contribution in [1.82, 2.24) is 19.5 Å². The second-order valence-corrected chi connectivity index (χ2v) is 10.2. The molecule has 4 aromatic carbocycles. The fourth-order valence-corrected chi connectivity index (χ4v) is 5.72. The summed E-state index contributed by atoms with van der Waals surface area (Å²) in [5.74, 6) is 0. The Balaban J connectivity index is 1.19. The zero-order valence-electron chi connectivity index (χ0n) is 22.1. The Labute approximate surface area is 237 Å². The number of benzene rings is 4. The van der Waals surface area contributed by atoms with Crippen molar-refractivity contribution in [3.05, 3.63) is 146 Å². The van der Waals surface area contributed by atoms with Crippen LogP contribution in [0.4, 0.5) is 0 Å². The van der Waals surface area contributed by atoms with Gasteiger partial charge >= 0.3 is 0 Å². The fraction of sp³-hybridized carbons (Fsp3) is 0. The van der Waals surface area contributed by atoms with E-state index in [1.54, 1.807) is 0 Å². The highest BCUT2D eigenvalue weighted by molar-refractivity contribution is 6.08. The second-order valence-electron chi connectivity index (χ2n) is 10.2. The van der Waals surface area contributed by atoms with Crippen LogP contribution >= 0.6 is 0 Å². The predicted octanol–water partition coefficient (Wildman–Crippen LogP) is 9.12. The van der Waals surface area contributed by atoms with Crippen molar-refractivity contribution in [3.8, 4) is 39.6 Å². The number of pyridine rings is 3. The molecule has 0 N–H and O–H groups in total. The first-order valence-electron chi connectivity index (χ1n) is 13.7. The molecule has 8 rings (SSSR count). The van der Waals surface area contributed by atoms with Crippen molar-refractivity contribution < 1.29 is 0 Å². The molecule has 0 aliphatic heterocycles. The summed E-state index contributed by atoms with van der Waals surface area (Å²) in [6.45, 7) is 0. The van der Waals surface area contributed by atoms with Crippen molar-refractivity contribution in [2.75, 3.05) is 0 Å². The van der Waals surface area contributed by atoms with Crippen LogP contribution in [0.5, 0.6) is 0 Å². The van der Waals surface area contributed by atoms with E-state index in [0.717, 1.165) is 56.0 Å². The number of aromatic nitrogens is 4. The van der Waals surface area contributed by atoms with Gasteiger partial charge in [-0.15, -0.1) is 0 Å². The monoisotopic (exact) mass is 524 g/mol. The highest BCUT2D eigenvalue weighted by Gasteiger charge is 2.13. The molecule has 8 aromatic rings. The molecule has 0 bridgehead atoms. The number of para-hydroxylation sites is 1. The van der Waals surface area contributed by atoms with Crippen molar-refractivity contribution >= 4 is 32.6 Å². The normalized spacial score (nSPS) is 11.4. The molecular weight excluding hydrogens is 500 g/mol. The number of fused-ring (bicyclic) bond motifs is 4. The van der Waals surface area contributed by atoms with Crippen LogP contribution in [0, 0.1) is 0 Å². The number of nitrogens with zero attached hydrogens (tertiary/aromatic N) is 4. The Bertz CT molecular complexity index is 2170. The second kappa shape index (κ2) is 9.54. The molecule has 0 radical (unpaired) electrons. The third kappa shape index (κ3) is 4.05. The van der Waals surface area contributed by atoms with Crippen LogP contribution in [-0.4, -0.2) is 19.5 Å². The SMILES string of the molecule is c1cc(-c2cccc(-c3cccc(-c4ccc5ccccc5c4)n3)n2)cc(-n2c3ccccc3c3cnccc32)c1. The highest BCUT2D eigenvalue weighted by Crippen LogP contribution is 2.33. The molecule has 0 atom stereocenters. The molecule has 0 fully saturated rings. The fourth-order valence-electron chi connectivity index (χ4n) is 5.72. The van der Waals surface area contributed by atoms with E-state index in [1.165, 1.54) is 16.2 Å². The summed E-state index contributed by atoms with van der Waals surface area (Å²) in [5.41, 5.74) is 9.06. The van der Waals surface area contributed by atoms with Gasteiger partial charge in [0.25, 0.3) is 0 Å². The van der Waals surface area contributed by atoms with Gasteiger partial charge in [0.15, 0.2) is 0 Å². The van der Waals surface area contributed by atoms with Gasteiger partial charge in [-0.05, 0) is 65.4 Å². The van der Waals surface area contributed by atoms with E-state index in [4.69, 9.17) is 9.97 Å². The zero-order valence-corrected chi connectivity index (χ0v) is 22.1. The van der Waals surface area contributed by atoms with Gasteiger partial charge < -0.3 is 4.57 Å². The van der Waals surface area contributed by atoms with E-state index in [-0.39, 0.29) is 0 Å². The average molecular weight is 525 g/mol. The molecule has 0 unspecified atom stereocenters. The molecular formula is C37H24N4. The first-order valence-corrected chi connectivity index (χ1v) is 13.7. The van der Waals surface area contributed by atoms with E-state index in [2.05, 4.69) is 131 Å². The minimum atomic E-state index is 0.846. The van der Waals surface area contributed by atoms with Gasteiger partial charge in [-0.3, -0.25) is 4.98 Å². The molecule has 0 spiro atoms. The van der Waals surface area contributed by atoms with Crippen molar-refractivity contribution in [1.29, 1.82) is 0 Å². The Morgan fingerprint density at radius 2 is 1.10 bits per heavy atom. The molecule has 0 aliphatic carbocycles. The smallest absolute Gasteiger partial charge is 0.0893 e. The molecule has 41 heavy (non-hydrogen) atoms. The Morgan fingerprint density at radius 1 is 0.439 bits per heavy atom. The van der Waals surface area contributed by atoms with E-state index < -0.39 is 0 Å². The van der Waals surface area contributed by atoms with Gasteiger partial charge in [0.1, 0.15) is 0 Å². The molecule has 4 heteroatoms. The van der Waals surface area contributed by atoms with E-state index in [1.807, 2.05) is 24.5 Å². The van der Waals surface area contributed by atoms with E-state index in [9.17, 15) is 0 Å². The maximum atomic E-state index is 5.06. The van der Waals surface area contributed by atoms with Gasteiger partial charge in [-0.2, -0.15) is 0 Å². The molecule has 0 amide bonds. The Morgan fingerprint density at radius 3 is 1.93 bits per heavy atom. The summed E-state index contributed by atoms with van der Waals surface area (Å²) in [6.07, 6.45) is 3.80. The first kappa shape index (κ1) is 23.3. The highest BCUT2D eigenvalue weighted by atomic mass is 15.0. The Hall–Kier alpha value is -5.61. The van der Waals surface area contributed by atoms with Crippen LogP contribution in [0.1, 0.15) is 0 Å². The standard InChI is InChI=1S/C37H24N4/c1-2-9-26-22-28(19-18-25(26)8-1)33-14-7-16-35(40-33)34-15-6-13-32(39-34)27-10-5-11-29(23-27)41-36-17-4-3-12-30(36)31-24-38-21-20-37(31)41/h1-24H. The molecule has 4 aromatic heterocycles. The lowest BCUT2D eigenvalue weighted by Crippen LogP contribution is -1.95. The molecule has 0 saturated heterocycles. The average Bonchev–Trinajstić information content (AvgIpc) is 3.39. The van der Waals surface area contributed by atoms with Crippen LogP contribution < -0.4 is 0 Å². The molecule has 4 heterocycles. The lowest BCUT2D eigenvalue weighted by molar-refractivity contribution is 1.17. The van der Waals surface area contributed by atoms with Crippen LogP contribution in [0.2, 0.25) is 0 Å². The zero-order chi connectivity index (χ0) is 27.2. The van der Waals surface area contributed by atoms with Gasteiger partial charge in [-0.25, -0.2) is 9.97 Å². The third-order valence-corrected chi connectivity index (χ3v) is 7.68. The van der Waals surface area contributed by atoms with Crippen molar-refractivity contribution in [2.24, 2.45) is 0 Å². The number of hydrogen-bond donors (Lipinski definition) is 0. The van der Waals surface area contributed by atoms with Crippen molar-refractivity contribution in [2.45, 2.75) is 0 Å². The van der Waals surface area contributed by atoms with Crippen molar-refractivity contribution in [3.63, 3.8) is 0 Å². The summed E-state index contributed by atoms with van der Waals surface area (Å²) >= 11 is 0. The lowest BCUT2D eigenvalue weighted by Gasteiger charge is -2.11. The van der Waals surface area contributed by atoms with Crippen LogP contribution in [-0.2, 0) is 0 Å². The topological polar surface area (TPSA) is 43.6 Å². The maximum absolute atomic E-state index is 5.06. The quantitative estimate of drug-likeness (QED) is 0.231. The molecule has 4 nitrogen and oxygen atoms in total. The minimum Gasteiger partial charge on any atom is -0.309 e. The first-order chi connectivity index (χ1) is 20.3.